The number of aromatic nitrogens is 2. The molecule has 0 spiro atoms. The minimum atomic E-state index is -0.927. The topological polar surface area (TPSA) is 95.3 Å². The number of nitrogens with zero attached hydrogens (tertiary/aromatic N) is 1. The van der Waals surface area contributed by atoms with Crippen molar-refractivity contribution in [3.05, 3.63) is 45.3 Å². The highest BCUT2D eigenvalue weighted by molar-refractivity contribution is 4.91. The Morgan fingerprint density at radius 3 is 2.87 bits per heavy atom. The Balaban J connectivity index is 2.70. The normalized spacial score (nSPS) is 13.2. The van der Waals surface area contributed by atoms with Crippen molar-refractivity contribution in [1.29, 1.82) is 0 Å². The van der Waals surface area contributed by atoms with Gasteiger partial charge < -0.3 is 10.2 Å². The molecule has 0 aliphatic rings. The van der Waals surface area contributed by atoms with Crippen LogP contribution in [0.3, 0.4) is 0 Å². The molecule has 0 saturated heterocycles. The maximum absolute atomic E-state index is 11.1. The molecule has 82 valence electrons. The molecule has 6 nitrogen and oxygen atoms in total. The average Bonchev–Trinajstić information content (AvgIpc) is 2.21. The van der Waals surface area contributed by atoms with Gasteiger partial charge in [0.1, 0.15) is 0 Å². The zero-order chi connectivity index (χ0) is 11.3. The van der Waals surface area contributed by atoms with Crippen LogP contribution in [0, 0.1) is 0 Å². The molecule has 0 amide bonds. The maximum Gasteiger partial charge on any atom is 0.328 e. The summed E-state index contributed by atoms with van der Waals surface area (Å²) in [5.74, 6) is 0. The van der Waals surface area contributed by atoms with Crippen molar-refractivity contribution < 1.29 is 10.2 Å². The first-order valence-electron chi connectivity index (χ1n) is 4.39. The van der Waals surface area contributed by atoms with Gasteiger partial charge in [0.25, 0.3) is 5.56 Å². The molecule has 1 unspecified atom stereocenters. The van der Waals surface area contributed by atoms with Crippen molar-refractivity contribution in [2.45, 2.75) is 12.6 Å². The van der Waals surface area contributed by atoms with Gasteiger partial charge in [0.05, 0.1) is 12.7 Å². The van der Waals surface area contributed by atoms with Gasteiger partial charge in [-0.2, -0.15) is 0 Å². The van der Waals surface area contributed by atoms with Crippen LogP contribution in [0.15, 0.2) is 34.0 Å². The summed E-state index contributed by atoms with van der Waals surface area (Å²) < 4.78 is 1.27. The van der Waals surface area contributed by atoms with E-state index in [0.29, 0.717) is 0 Å². The molecular formula is C9H12N2O4. The number of nitrogens with one attached hydrogen (secondary N) is 1. The van der Waals surface area contributed by atoms with E-state index >= 15 is 0 Å². The Hall–Kier alpha value is -1.66. The van der Waals surface area contributed by atoms with Crippen LogP contribution >= 0.6 is 0 Å². The fourth-order valence-electron chi connectivity index (χ4n) is 0.980. The van der Waals surface area contributed by atoms with Crippen LogP contribution in [0.1, 0.15) is 0 Å². The predicted molar refractivity (Wildman–Crippen MR) is 53.6 cm³/mol. The summed E-state index contributed by atoms with van der Waals surface area (Å²) in [5, 5.41) is 17.5. The molecule has 1 heterocycles. The quantitative estimate of drug-likeness (QED) is 0.526. The van der Waals surface area contributed by atoms with Gasteiger partial charge in [0, 0.05) is 18.8 Å². The van der Waals surface area contributed by atoms with Crippen molar-refractivity contribution >= 4 is 0 Å². The summed E-state index contributed by atoms with van der Waals surface area (Å²) in [6.45, 7) is -0.135. The number of aliphatic hydroxyl groups excluding tert-OH is 2. The second kappa shape index (κ2) is 5.28. The number of H-pyrrole nitrogens is 1. The minimum absolute atomic E-state index is 0.229. The summed E-state index contributed by atoms with van der Waals surface area (Å²) in [4.78, 5) is 24.0. The van der Waals surface area contributed by atoms with Gasteiger partial charge in [-0.25, -0.2) is 4.79 Å². The molecule has 6 heteroatoms. The average molecular weight is 212 g/mol. The lowest BCUT2D eigenvalue weighted by Crippen LogP contribution is -2.28. The van der Waals surface area contributed by atoms with E-state index in [1.165, 1.54) is 29.0 Å². The first-order valence-corrected chi connectivity index (χ1v) is 4.39. The second-order valence-corrected chi connectivity index (χ2v) is 2.94. The van der Waals surface area contributed by atoms with Gasteiger partial charge in [-0.15, -0.1) is 0 Å². The van der Waals surface area contributed by atoms with Crippen LogP contribution in [0.5, 0.6) is 0 Å². The summed E-state index contributed by atoms with van der Waals surface area (Å²) >= 11 is 0. The third kappa shape index (κ3) is 3.53. The standard InChI is InChI=1S/C9H12N2O4/c12-6-7(13)2-1-4-11-5-3-8(14)10-9(11)15/h1-3,5,7,12-13H,4,6H2,(H,10,14,15). The minimum Gasteiger partial charge on any atom is -0.393 e. The SMILES string of the molecule is O=c1ccn(CC=CC(O)CO)c(=O)[nH]1. The molecular weight excluding hydrogens is 200 g/mol. The van der Waals surface area contributed by atoms with Crippen LogP contribution in [0.4, 0.5) is 0 Å². The van der Waals surface area contributed by atoms with Gasteiger partial charge in [0.2, 0.25) is 0 Å². The highest BCUT2D eigenvalue weighted by Gasteiger charge is 1.95. The van der Waals surface area contributed by atoms with Gasteiger partial charge in [-0.1, -0.05) is 12.2 Å². The van der Waals surface area contributed by atoms with Crippen LogP contribution < -0.4 is 11.2 Å². The zero-order valence-electron chi connectivity index (χ0n) is 7.96. The molecule has 0 fully saturated rings. The number of aliphatic hydroxyl groups is 2. The van der Waals surface area contributed by atoms with E-state index in [9.17, 15) is 9.59 Å². The molecule has 0 aromatic carbocycles. The lowest BCUT2D eigenvalue weighted by atomic mass is 10.3. The maximum atomic E-state index is 11.1. The molecule has 0 bridgehead atoms. The lowest BCUT2D eigenvalue weighted by Gasteiger charge is -2.01. The summed E-state index contributed by atoms with van der Waals surface area (Å²) in [5.41, 5.74) is -0.957. The van der Waals surface area contributed by atoms with Gasteiger partial charge in [0.15, 0.2) is 0 Å². The van der Waals surface area contributed by atoms with E-state index in [1.54, 1.807) is 0 Å². The summed E-state index contributed by atoms with van der Waals surface area (Å²) in [6, 6.07) is 1.23. The highest BCUT2D eigenvalue weighted by atomic mass is 16.3. The molecule has 1 aromatic heterocycles. The molecule has 0 aliphatic carbocycles. The first-order chi connectivity index (χ1) is 7.13. The zero-order valence-corrected chi connectivity index (χ0v) is 7.96. The Labute approximate surface area is 85.1 Å². The first kappa shape index (κ1) is 11.4. The summed E-state index contributed by atoms with van der Waals surface area (Å²) in [7, 11) is 0. The molecule has 0 radical (unpaired) electrons. The van der Waals surface area contributed by atoms with Crippen LogP contribution in [-0.4, -0.2) is 32.5 Å². The van der Waals surface area contributed by atoms with E-state index in [4.69, 9.17) is 10.2 Å². The van der Waals surface area contributed by atoms with Gasteiger partial charge in [-0.3, -0.25) is 14.3 Å². The smallest absolute Gasteiger partial charge is 0.328 e. The Bertz CT molecular complexity index is 446. The molecule has 15 heavy (non-hydrogen) atoms. The molecule has 0 aliphatic heterocycles. The number of aromatic amines is 1. The van der Waals surface area contributed by atoms with Crippen molar-refractivity contribution in [2.75, 3.05) is 6.61 Å². The Morgan fingerprint density at radius 1 is 1.53 bits per heavy atom. The fourth-order valence-corrected chi connectivity index (χ4v) is 0.980. The highest BCUT2D eigenvalue weighted by Crippen LogP contribution is 1.86. The van der Waals surface area contributed by atoms with E-state index in [-0.39, 0.29) is 13.2 Å². The molecule has 1 rings (SSSR count). The van der Waals surface area contributed by atoms with Crippen molar-refractivity contribution in [2.24, 2.45) is 0 Å². The number of allylic oxidation sites excluding steroid dienone is 1. The van der Waals surface area contributed by atoms with Gasteiger partial charge >= 0.3 is 5.69 Å². The number of rotatable bonds is 4. The van der Waals surface area contributed by atoms with E-state index in [2.05, 4.69) is 4.98 Å². The summed E-state index contributed by atoms with van der Waals surface area (Å²) in [6.07, 6.45) is 3.33. The van der Waals surface area contributed by atoms with Crippen LogP contribution in [0.2, 0.25) is 0 Å². The molecule has 0 saturated carbocycles. The molecule has 1 atom stereocenters. The van der Waals surface area contributed by atoms with Gasteiger partial charge in [-0.05, 0) is 0 Å². The third-order valence-electron chi connectivity index (χ3n) is 1.74. The number of hydrogen-bond donors (Lipinski definition) is 3. The fraction of sp³-hybridized carbons (Fsp3) is 0.333. The second-order valence-electron chi connectivity index (χ2n) is 2.94. The monoisotopic (exact) mass is 212 g/mol. The van der Waals surface area contributed by atoms with Crippen molar-refractivity contribution in [1.82, 2.24) is 9.55 Å². The van der Waals surface area contributed by atoms with E-state index in [0.717, 1.165) is 0 Å². The largest absolute Gasteiger partial charge is 0.393 e. The predicted octanol–water partition coefficient (Wildman–Crippen LogP) is -1.55. The van der Waals surface area contributed by atoms with E-state index < -0.39 is 17.4 Å². The number of hydrogen-bond acceptors (Lipinski definition) is 4. The molecule has 1 aromatic rings. The lowest BCUT2D eigenvalue weighted by molar-refractivity contribution is 0.131. The van der Waals surface area contributed by atoms with Crippen LogP contribution in [-0.2, 0) is 6.54 Å². The van der Waals surface area contributed by atoms with Crippen molar-refractivity contribution in [3.63, 3.8) is 0 Å². The third-order valence-corrected chi connectivity index (χ3v) is 1.74. The van der Waals surface area contributed by atoms with Crippen LogP contribution in [0.25, 0.3) is 0 Å². The Kier molecular flexibility index (Phi) is 4.02. The van der Waals surface area contributed by atoms with Crippen molar-refractivity contribution in [3.8, 4) is 0 Å². The Morgan fingerprint density at radius 2 is 2.27 bits per heavy atom. The van der Waals surface area contributed by atoms with E-state index in [1.807, 2.05) is 0 Å². The molecule has 3 N–H and O–H groups in total.